The molecule has 1 aromatic carbocycles. The van der Waals surface area contributed by atoms with E-state index in [1.807, 2.05) is 24.3 Å². The second kappa shape index (κ2) is 5.25. The van der Waals surface area contributed by atoms with Crippen molar-refractivity contribution >= 4 is 11.9 Å². The zero-order valence-corrected chi connectivity index (χ0v) is 11.8. The number of fused-ring (bicyclic) bond motifs is 1. The number of rotatable bonds is 2. The number of hydrogen-bond acceptors (Lipinski definition) is 4. The average molecular weight is 277 g/mol. The van der Waals surface area contributed by atoms with Gasteiger partial charge in [-0.05, 0) is 38.3 Å². The number of esters is 1. The molecule has 1 aliphatic heterocycles. The molecule has 2 N–H and O–H groups in total. The molecule has 0 spiro atoms. The molecule has 2 atom stereocenters. The van der Waals surface area contributed by atoms with Crippen molar-refractivity contribution in [2.75, 3.05) is 0 Å². The van der Waals surface area contributed by atoms with Crippen molar-refractivity contribution in [3.63, 3.8) is 0 Å². The van der Waals surface area contributed by atoms with Crippen LogP contribution >= 0.6 is 0 Å². The van der Waals surface area contributed by atoms with Gasteiger partial charge in [-0.2, -0.15) is 0 Å². The monoisotopic (exact) mass is 277 g/mol. The summed E-state index contributed by atoms with van der Waals surface area (Å²) >= 11 is 0. The minimum Gasteiger partial charge on any atom is -0.480 e. The Morgan fingerprint density at radius 2 is 1.95 bits per heavy atom. The first kappa shape index (κ1) is 14.5. The van der Waals surface area contributed by atoms with E-state index in [2.05, 4.69) is 5.32 Å². The van der Waals surface area contributed by atoms with Gasteiger partial charge in [-0.3, -0.25) is 10.1 Å². The molecule has 2 rings (SSSR count). The topological polar surface area (TPSA) is 75.6 Å². The second-order valence-electron chi connectivity index (χ2n) is 5.93. The third-order valence-electron chi connectivity index (χ3n) is 3.10. The lowest BCUT2D eigenvalue weighted by Crippen LogP contribution is -2.48. The van der Waals surface area contributed by atoms with Gasteiger partial charge in [-0.15, -0.1) is 0 Å². The Morgan fingerprint density at radius 1 is 1.30 bits per heavy atom. The first-order chi connectivity index (χ1) is 9.28. The Balaban J connectivity index is 2.31. The molecule has 0 saturated carbocycles. The van der Waals surface area contributed by atoms with Gasteiger partial charge in [0.05, 0.1) is 0 Å². The van der Waals surface area contributed by atoms with Gasteiger partial charge in [0.15, 0.2) is 0 Å². The second-order valence-corrected chi connectivity index (χ2v) is 5.93. The fourth-order valence-corrected chi connectivity index (χ4v) is 2.29. The summed E-state index contributed by atoms with van der Waals surface area (Å²) in [7, 11) is 0. The van der Waals surface area contributed by atoms with Crippen LogP contribution in [0.3, 0.4) is 0 Å². The van der Waals surface area contributed by atoms with Gasteiger partial charge in [0.2, 0.25) is 0 Å². The lowest BCUT2D eigenvalue weighted by atomic mass is 9.90. The van der Waals surface area contributed by atoms with E-state index < -0.39 is 29.6 Å². The number of carboxylic acid groups (broad SMARTS) is 1. The van der Waals surface area contributed by atoms with Crippen LogP contribution in [0.1, 0.15) is 37.9 Å². The number of nitrogens with one attached hydrogen (secondary N) is 1. The van der Waals surface area contributed by atoms with Crippen LogP contribution in [0.2, 0.25) is 0 Å². The molecule has 0 aliphatic carbocycles. The molecule has 0 fully saturated rings. The Labute approximate surface area is 117 Å². The maximum Gasteiger partial charge on any atom is 0.328 e. The number of carbonyl (C=O) groups is 2. The van der Waals surface area contributed by atoms with E-state index in [-0.39, 0.29) is 0 Å². The highest BCUT2D eigenvalue weighted by Crippen LogP contribution is 2.27. The Morgan fingerprint density at radius 3 is 2.55 bits per heavy atom. The summed E-state index contributed by atoms with van der Waals surface area (Å²) < 4.78 is 5.37. The van der Waals surface area contributed by atoms with E-state index in [1.165, 1.54) is 0 Å². The number of carboxylic acids is 1. The molecule has 1 heterocycles. The predicted molar refractivity (Wildman–Crippen MR) is 73.3 cm³/mol. The zero-order chi connectivity index (χ0) is 14.9. The molecule has 2 unspecified atom stereocenters. The smallest absolute Gasteiger partial charge is 0.328 e. The van der Waals surface area contributed by atoms with Crippen molar-refractivity contribution in [3.8, 4) is 0 Å². The largest absolute Gasteiger partial charge is 0.480 e. The molecular weight excluding hydrogens is 258 g/mol. The lowest BCUT2D eigenvalue weighted by molar-refractivity contribution is -0.158. The van der Waals surface area contributed by atoms with E-state index in [4.69, 9.17) is 4.74 Å². The van der Waals surface area contributed by atoms with Gasteiger partial charge < -0.3 is 9.84 Å². The molecule has 1 aromatic rings. The predicted octanol–water partition coefficient (Wildman–Crippen LogP) is 1.67. The zero-order valence-electron chi connectivity index (χ0n) is 11.8. The molecule has 0 radical (unpaired) electrons. The van der Waals surface area contributed by atoms with Crippen molar-refractivity contribution in [1.82, 2.24) is 5.32 Å². The normalized spacial score (nSPS) is 21.9. The summed E-state index contributed by atoms with van der Waals surface area (Å²) in [6.45, 7) is 5.36. The van der Waals surface area contributed by atoms with E-state index in [1.54, 1.807) is 20.8 Å². The maximum absolute atomic E-state index is 12.3. The SMILES string of the molecule is CC(C)(C)OC(=O)C1NC(C(=O)O)Cc2ccccc21. The average Bonchev–Trinajstić information content (AvgIpc) is 2.35. The van der Waals surface area contributed by atoms with Gasteiger partial charge in [0, 0.05) is 0 Å². The van der Waals surface area contributed by atoms with Crippen LogP contribution in [0.15, 0.2) is 24.3 Å². The van der Waals surface area contributed by atoms with Crippen molar-refractivity contribution in [3.05, 3.63) is 35.4 Å². The molecule has 0 bridgehead atoms. The summed E-state index contributed by atoms with van der Waals surface area (Å²) in [6.07, 6.45) is 0.366. The van der Waals surface area contributed by atoms with E-state index in [0.717, 1.165) is 11.1 Å². The van der Waals surface area contributed by atoms with Crippen LogP contribution in [0, 0.1) is 0 Å². The van der Waals surface area contributed by atoms with Crippen LogP contribution in [-0.4, -0.2) is 28.7 Å². The third kappa shape index (κ3) is 3.17. The highest BCUT2D eigenvalue weighted by Gasteiger charge is 2.36. The molecule has 1 aliphatic rings. The fourth-order valence-electron chi connectivity index (χ4n) is 2.29. The van der Waals surface area contributed by atoms with Gasteiger partial charge in [-0.1, -0.05) is 24.3 Å². The molecule has 5 nitrogen and oxygen atoms in total. The van der Waals surface area contributed by atoms with Crippen LogP contribution in [0.4, 0.5) is 0 Å². The van der Waals surface area contributed by atoms with Crippen LogP contribution in [0.25, 0.3) is 0 Å². The number of carbonyl (C=O) groups excluding carboxylic acids is 1. The van der Waals surface area contributed by atoms with Gasteiger partial charge in [0.1, 0.15) is 17.7 Å². The number of benzene rings is 1. The standard InChI is InChI=1S/C15H19NO4/c1-15(2,3)20-14(19)12-10-7-5-4-6-9(10)8-11(16-12)13(17)18/h4-7,11-12,16H,8H2,1-3H3,(H,17,18). The summed E-state index contributed by atoms with van der Waals surface area (Å²) in [5.41, 5.74) is 1.05. The maximum atomic E-state index is 12.3. The van der Waals surface area contributed by atoms with E-state index in [0.29, 0.717) is 6.42 Å². The molecule has 0 aromatic heterocycles. The van der Waals surface area contributed by atoms with Crippen LogP contribution in [-0.2, 0) is 20.7 Å². The first-order valence-electron chi connectivity index (χ1n) is 6.57. The highest BCUT2D eigenvalue weighted by atomic mass is 16.6. The molecule has 0 amide bonds. The highest BCUT2D eigenvalue weighted by molar-refractivity contribution is 5.82. The van der Waals surface area contributed by atoms with Crippen LogP contribution in [0.5, 0.6) is 0 Å². The molecule has 108 valence electrons. The minimum absolute atomic E-state index is 0.366. The number of hydrogen-bond donors (Lipinski definition) is 2. The van der Waals surface area contributed by atoms with Crippen molar-refractivity contribution in [2.24, 2.45) is 0 Å². The van der Waals surface area contributed by atoms with Crippen LogP contribution < -0.4 is 5.32 Å². The minimum atomic E-state index is -0.965. The van der Waals surface area contributed by atoms with E-state index in [9.17, 15) is 14.7 Å². The lowest BCUT2D eigenvalue weighted by Gasteiger charge is -2.31. The number of ether oxygens (including phenoxy) is 1. The fraction of sp³-hybridized carbons (Fsp3) is 0.467. The Kier molecular flexibility index (Phi) is 3.81. The Hall–Kier alpha value is -1.88. The quantitative estimate of drug-likeness (QED) is 0.804. The first-order valence-corrected chi connectivity index (χ1v) is 6.57. The Bertz CT molecular complexity index is 533. The van der Waals surface area contributed by atoms with Gasteiger partial charge in [0.25, 0.3) is 0 Å². The molecule has 5 heteroatoms. The summed E-state index contributed by atoms with van der Waals surface area (Å²) in [5.74, 6) is -1.41. The van der Waals surface area contributed by atoms with Crippen molar-refractivity contribution in [1.29, 1.82) is 0 Å². The third-order valence-corrected chi connectivity index (χ3v) is 3.10. The summed E-state index contributed by atoms with van der Waals surface area (Å²) in [6, 6.07) is 5.84. The van der Waals surface area contributed by atoms with Gasteiger partial charge >= 0.3 is 11.9 Å². The molecular formula is C15H19NO4. The molecule has 20 heavy (non-hydrogen) atoms. The van der Waals surface area contributed by atoms with Crippen molar-refractivity contribution in [2.45, 2.75) is 44.9 Å². The number of aliphatic carboxylic acids is 1. The van der Waals surface area contributed by atoms with E-state index >= 15 is 0 Å². The molecule has 0 saturated heterocycles. The van der Waals surface area contributed by atoms with Crippen molar-refractivity contribution < 1.29 is 19.4 Å². The summed E-state index contributed by atoms with van der Waals surface area (Å²) in [5, 5.41) is 12.0. The summed E-state index contributed by atoms with van der Waals surface area (Å²) in [4.78, 5) is 23.5. The van der Waals surface area contributed by atoms with Gasteiger partial charge in [-0.25, -0.2) is 4.79 Å².